The Hall–Kier alpha value is -3.19. The zero-order valence-corrected chi connectivity index (χ0v) is 29.6. The molecule has 0 radical (unpaired) electrons. The Kier molecular flexibility index (Phi) is 11.2. The molecule has 264 valence electrons. The minimum atomic E-state index is -0.748. The highest BCUT2D eigenvalue weighted by atomic mass is 35.5. The summed E-state index contributed by atoms with van der Waals surface area (Å²) in [5.74, 6) is -1.47. The van der Waals surface area contributed by atoms with E-state index in [0.29, 0.717) is 73.8 Å². The average Bonchev–Trinajstić information content (AvgIpc) is 3.81. The lowest BCUT2D eigenvalue weighted by Crippen LogP contribution is -2.41. The number of ether oxygens (including phenoxy) is 3. The molecule has 3 fully saturated rings. The number of nitrogens with one attached hydrogen (secondary N) is 1. The van der Waals surface area contributed by atoms with Crippen molar-refractivity contribution in [3.8, 4) is 0 Å². The molecule has 49 heavy (non-hydrogen) atoms. The Morgan fingerprint density at radius 3 is 2.33 bits per heavy atom. The number of aliphatic carboxylic acids is 1. The molecule has 2 unspecified atom stereocenters. The lowest BCUT2D eigenvalue weighted by Gasteiger charge is -2.30. The molecule has 4 atom stereocenters. The minimum absolute atomic E-state index is 0.0287. The lowest BCUT2D eigenvalue weighted by atomic mass is 9.87. The molecule has 1 aromatic heterocycles. The monoisotopic (exact) mass is 714 g/mol. The Balaban J connectivity index is 1.14. The van der Waals surface area contributed by atoms with Gasteiger partial charge in [0.15, 0.2) is 0 Å². The number of rotatable bonds is 11. The number of carboxylic acids is 1. The maximum Gasteiger partial charge on any atom is 0.306 e. The zero-order valence-electron chi connectivity index (χ0n) is 28.1. The van der Waals surface area contributed by atoms with Crippen LogP contribution in [-0.2, 0) is 37.3 Å². The van der Waals surface area contributed by atoms with Gasteiger partial charge in [-0.3, -0.25) is 19.3 Å². The fourth-order valence-corrected chi connectivity index (χ4v) is 8.13. The number of methoxy groups -OCH3 is 2. The molecule has 2 aliphatic heterocycles. The first-order valence-corrected chi connectivity index (χ1v) is 17.6. The van der Waals surface area contributed by atoms with Crippen molar-refractivity contribution in [3.63, 3.8) is 0 Å². The van der Waals surface area contributed by atoms with E-state index < -0.39 is 5.97 Å². The van der Waals surface area contributed by atoms with Gasteiger partial charge in [0, 0.05) is 69.1 Å². The zero-order chi connectivity index (χ0) is 34.8. The van der Waals surface area contributed by atoms with Gasteiger partial charge >= 0.3 is 5.97 Å². The van der Waals surface area contributed by atoms with Crippen LogP contribution in [0, 0.1) is 5.92 Å². The lowest BCUT2D eigenvalue weighted by molar-refractivity contribution is -0.144. The van der Waals surface area contributed by atoms with Crippen LogP contribution in [0.1, 0.15) is 48.0 Å². The maximum absolute atomic E-state index is 14.0. The average molecular weight is 716 g/mol. The summed E-state index contributed by atoms with van der Waals surface area (Å²) in [6.45, 7) is 2.31. The third kappa shape index (κ3) is 7.77. The number of aryl methyl sites for hydroxylation is 1. The van der Waals surface area contributed by atoms with Crippen molar-refractivity contribution in [2.45, 2.75) is 68.9 Å². The van der Waals surface area contributed by atoms with E-state index in [2.05, 4.69) is 10.2 Å². The quantitative estimate of drug-likeness (QED) is 0.276. The van der Waals surface area contributed by atoms with Gasteiger partial charge in [-0.1, -0.05) is 41.4 Å². The molecule has 1 saturated carbocycles. The number of hydrogen-bond acceptors (Lipinski definition) is 7. The number of fused-ring (bicyclic) bond motifs is 1. The number of aromatic nitrogens is 1. The smallest absolute Gasteiger partial charge is 0.306 e. The van der Waals surface area contributed by atoms with Gasteiger partial charge in [0.1, 0.15) is 0 Å². The summed E-state index contributed by atoms with van der Waals surface area (Å²) in [5, 5.41) is 13.7. The highest BCUT2D eigenvalue weighted by Crippen LogP contribution is 2.34. The first-order valence-electron chi connectivity index (χ1n) is 16.8. The Morgan fingerprint density at radius 2 is 1.65 bits per heavy atom. The standard InChI is InChI=1S/C36H44Cl2N4O7/c1-40-17-27(26-6-4-5-7-31(26)40)35(44)39-30-15-28(37)22(12-29(30)38)13-34(43)42-16-23(41-18-32(47-2)33(19-41)48-3)14-24(42)20-49-25-10-8-21(9-11-25)36(45)46/h4-7,12,15,17,21,23-25,32-33H,8-11,13-14,16,18-20H2,1-3H3,(H,39,44)(H,45,46)/t21-,23-,24-,25-,32?,33?/m0/s1. The highest BCUT2D eigenvalue weighted by Gasteiger charge is 2.43. The van der Waals surface area contributed by atoms with Gasteiger partial charge in [0.2, 0.25) is 5.91 Å². The van der Waals surface area contributed by atoms with Crippen molar-refractivity contribution in [3.05, 3.63) is 63.8 Å². The molecule has 2 aromatic carbocycles. The summed E-state index contributed by atoms with van der Waals surface area (Å²) in [4.78, 5) is 42.9. The number of carboxylic acid groups (broad SMARTS) is 1. The normalized spacial score (nSPS) is 26.0. The maximum atomic E-state index is 14.0. The number of benzene rings is 2. The molecule has 3 aliphatic rings. The first kappa shape index (κ1) is 35.6. The van der Waals surface area contributed by atoms with Crippen molar-refractivity contribution in [2.75, 3.05) is 45.8 Å². The third-order valence-corrected chi connectivity index (χ3v) is 11.2. The number of carbonyl (C=O) groups is 3. The van der Waals surface area contributed by atoms with E-state index in [4.69, 9.17) is 37.4 Å². The van der Waals surface area contributed by atoms with E-state index in [9.17, 15) is 19.5 Å². The Bertz CT molecular complexity index is 1680. The molecule has 0 bridgehead atoms. The summed E-state index contributed by atoms with van der Waals surface area (Å²) >= 11 is 13.4. The van der Waals surface area contributed by atoms with Crippen LogP contribution in [0.25, 0.3) is 10.9 Å². The van der Waals surface area contributed by atoms with Crippen LogP contribution >= 0.6 is 23.2 Å². The Labute approximate surface area is 296 Å². The van der Waals surface area contributed by atoms with E-state index in [1.807, 2.05) is 40.8 Å². The molecule has 2 N–H and O–H groups in total. The van der Waals surface area contributed by atoms with Gasteiger partial charge in [-0.25, -0.2) is 0 Å². The number of nitrogens with zero attached hydrogens (tertiary/aromatic N) is 3. The molecule has 0 spiro atoms. The number of halogens is 2. The van der Waals surface area contributed by atoms with Gasteiger partial charge in [0.25, 0.3) is 5.91 Å². The van der Waals surface area contributed by atoms with Gasteiger partial charge < -0.3 is 34.1 Å². The molecular formula is C36H44Cl2N4O7. The van der Waals surface area contributed by atoms with Gasteiger partial charge in [-0.2, -0.15) is 0 Å². The minimum Gasteiger partial charge on any atom is -0.481 e. The molecule has 3 heterocycles. The number of hydrogen-bond donors (Lipinski definition) is 2. The van der Waals surface area contributed by atoms with Crippen LogP contribution < -0.4 is 5.32 Å². The predicted octanol–water partition coefficient (Wildman–Crippen LogP) is 5.26. The fourth-order valence-electron chi connectivity index (χ4n) is 7.66. The van der Waals surface area contributed by atoms with Crippen LogP contribution in [-0.4, -0.2) is 108 Å². The molecule has 2 saturated heterocycles. The summed E-state index contributed by atoms with van der Waals surface area (Å²) in [6, 6.07) is 10.8. The second-order valence-electron chi connectivity index (χ2n) is 13.5. The van der Waals surface area contributed by atoms with E-state index in [1.54, 1.807) is 32.5 Å². The first-order chi connectivity index (χ1) is 23.6. The van der Waals surface area contributed by atoms with E-state index in [-0.39, 0.29) is 59.6 Å². The molecule has 6 rings (SSSR count). The fraction of sp³-hybridized carbons (Fsp3) is 0.528. The van der Waals surface area contributed by atoms with Crippen LogP contribution in [0.4, 0.5) is 5.69 Å². The second-order valence-corrected chi connectivity index (χ2v) is 14.3. The number of amides is 2. The van der Waals surface area contributed by atoms with Crippen molar-refractivity contribution in [1.29, 1.82) is 0 Å². The molecule has 1 aliphatic carbocycles. The largest absolute Gasteiger partial charge is 0.481 e. The predicted molar refractivity (Wildman–Crippen MR) is 187 cm³/mol. The van der Waals surface area contributed by atoms with E-state index in [1.165, 1.54) is 0 Å². The van der Waals surface area contributed by atoms with Gasteiger partial charge in [0.05, 0.1) is 59.6 Å². The summed E-state index contributed by atoms with van der Waals surface area (Å²) in [7, 11) is 5.27. The molecule has 13 heteroatoms. The third-order valence-electron chi connectivity index (χ3n) is 10.5. The summed E-state index contributed by atoms with van der Waals surface area (Å²) < 4.78 is 19.6. The number of carbonyl (C=O) groups excluding carboxylic acids is 2. The number of likely N-dealkylation sites (tertiary alicyclic amines) is 2. The van der Waals surface area contributed by atoms with Crippen LogP contribution in [0.15, 0.2) is 42.6 Å². The SMILES string of the molecule is COC1CN([C@H]2C[C@@H](CO[C@H]3CC[C@H](C(=O)O)CC3)N(C(=O)Cc3cc(Cl)c(NC(=O)c4cn(C)c5ccccc45)cc3Cl)C2)CC1OC. The van der Waals surface area contributed by atoms with Crippen molar-refractivity contribution in [1.82, 2.24) is 14.4 Å². The Morgan fingerprint density at radius 1 is 0.959 bits per heavy atom. The topological polar surface area (TPSA) is 123 Å². The van der Waals surface area contributed by atoms with Crippen LogP contribution in [0.2, 0.25) is 10.0 Å². The summed E-state index contributed by atoms with van der Waals surface area (Å²) in [6.07, 6.45) is 4.99. The molecule has 3 aromatic rings. The number of para-hydroxylation sites is 1. The van der Waals surface area contributed by atoms with Crippen molar-refractivity contribution in [2.24, 2.45) is 13.0 Å². The van der Waals surface area contributed by atoms with E-state index >= 15 is 0 Å². The molecule has 2 amide bonds. The highest BCUT2D eigenvalue weighted by molar-refractivity contribution is 6.36. The van der Waals surface area contributed by atoms with Crippen molar-refractivity contribution < 1.29 is 33.7 Å². The second kappa shape index (κ2) is 15.4. The van der Waals surface area contributed by atoms with Crippen LogP contribution in [0.5, 0.6) is 0 Å². The van der Waals surface area contributed by atoms with Crippen molar-refractivity contribution >= 4 is 57.6 Å². The summed E-state index contributed by atoms with van der Waals surface area (Å²) in [5.41, 5.74) is 2.38. The van der Waals surface area contributed by atoms with Gasteiger partial charge in [-0.15, -0.1) is 0 Å². The molecule has 11 nitrogen and oxygen atoms in total. The number of anilines is 1. The van der Waals surface area contributed by atoms with E-state index in [0.717, 1.165) is 17.3 Å². The van der Waals surface area contributed by atoms with Crippen LogP contribution in [0.3, 0.4) is 0 Å². The van der Waals surface area contributed by atoms with Gasteiger partial charge in [-0.05, 0) is 55.9 Å². The molecular weight excluding hydrogens is 671 g/mol.